The van der Waals surface area contributed by atoms with Gasteiger partial charge in [-0.25, -0.2) is 16.8 Å². The van der Waals surface area contributed by atoms with E-state index >= 15 is 0 Å². The van der Waals surface area contributed by atoms with Crippen molar-refractivity contribution in [3.63, 3.8) is 0 Å². The van der Waals surface area contributed by atoms with Crippen molar-refractivity contribution in [1.29, 1.82) is 0 Å². The minimum Gasteiger partial charge on any atom is -0.748 e. The van der Waals surface area contributed by atoms with Crippen LogP contribution in [-0.4, -0.2) is 127 Å². The average molecular weight is 1250 g/mol. The fourth-order valence-electron chi connectivity index (χ4n) is 17.9. The summed E-state index contributed by atoms with van der Waals surface area (Å²) in [5, 5.41) is 0. The molecule has 1 saturated heterocycles. The largest absolute Gasteiger partial charge is 0.748 e. The molecule has 11 fully saturated rings. The van der Waals surface area contributed by atoms with Gasteiger partial charge in [0.05, 0.1) is 49.0 Å². The maximum Gasteiger partial charge on any atom is 0.438 e. The van der Waals surface area contributed by atoms with E-state index in [-0.39, 0.29) is 66.2 Å². The maximum atomic E-state index is 13.8. The molecule has 0 aromatic carbocycles. The van der Waals surface area contributed by atoms with E-state index in [2.05, 4.69) is 9.47 Å². The molecule has 468 valence electrons. The number of carbonyl (C=O) groups excluding carboxylic acids is 7. The molecule has 0 spiro atoms. The van der Waals surface area contributed by atoms with E-state index in [0.29, 0.717) is 69.1 Å². The van der Waals surface area contributed by atoms with Crippen LogP contribution >= 0.6 is 0 Å². The van der Waals surface area contributed by atoms with E-state index < -0.39 is 162 Å². The van der Waals surface area contributed by atoms with E-state index in [1.807, 2.05) is 6.92 Å². The van der Waals surface area contributed by atoms with Gasteiger partial charge in [0.1, 0.15) is 29.6 Å². The number of rotatable bonds is 13. The van der Waals surface area contributed by atoms with Gasteiger partial charge in [-0.15, -0.1) is 0 Å². The predicted octanol–water partition coefficient (Wildman–Crippen LogP) is 7.81. The molecule has 0 aromatic heterocycles. The first-order chi connectivity index (χ1) is 37.8. The summed E-state index contributed by atoms with van der Waals surface area (Å²) in [5.74, 6) is -18.4. The lowest BCUT2D eigenvalue weighted by Gasteiger charge is -2.58. The number of ketones is 3. The lowest BCUT2D eigenvalue weighted by molar-refractivity contribution is -0.362. The quantitative estimate of drug-likeness (QED) is 0.0736. The molecule has 14 unspecified atom stereocenters. The number of alkyl halides is 12. The standard InChI is InChI=1S/C28H36F6O8S.C24H26F6O9S/c1-14(4-7-22(38)42-26(27(29,30)31,28(32,33)34)13-43(39,40)41)17-5-6-18-23-19(12-21(37)25(17,18)3)24(2)9-8-16(35)10-15(24)11-20(23)36;25-23(26,27)22(24(28,29)30,8-40(34,35)36)39-19(32)15-13-4-12-14(15)18(31)37-16(12)17(13)38-20(33)21-5-9-1-10(6-21)3-11(2-9)7-21/h14-15,17-19,23H,4-13H2,1-3H3,(H,39,40,41);9-17H,1-8H2,(H,34,35,36)/p-2. The summed E-state index contributed by atoms with van der Waals surface area (Å²) in [6.07, 6.45) is -22.2. The summed E-state index contributed by atoms with van der Waals surface area (Å²) in [7, 11) is -12.4. The van der Waals surface area contributed by atoms with E-state index in [0.717, 1.165) is 19.3 Å². The van der Waals surface area contributed by atoms with E-state index in [9.17, 15) is 112 Å². The van der Waals surface area contributed by atoms with Crippen molar-refractivity contribution in [2.24, 2.45) is 93.2 Å². The number of Topliss-reactive ketones (excluding diaryl/α,β-unsaturated/α-hetero) is 3. The van der Waals surface area contributed by atoms with Crippen LogP contribution in [0.3, 0.4) is 0 Å². The first kappa shape index (κ1) is 63.4. The highest BCUT2D eigenvalue weighted by Crippen LogP contribution is 2.68. The van der Waals surface area contributed by atoms with Gasteiger partial charge in [-0.1, -0.05) is 20.8 Å². The fraction of sp³-hybridized carbons (Fsp3) is 0.865. The topological polar surface area (TPSA) is 271 Å². The monoisotopic (exact) mass is 1250 g/mol. The SMILES string of the molecule is CC(CCC(=O)OC(CS(=O)(=O)[O-])(C(F)(F)F)C(F)(F)F)C1CCC2C3C(=O)CC4CC(=O)CCC4(C)C3CC(=O)C12C.O=C1OC2C3CC(C2OC(=O)C24CC5CC(CC(C5)C2)C4)C(C(=O)OC(CS(=O)(=O)[O-])(C(F)(F)F)C(F)(F)F)C13. The third-order valence-electron chi connectivity index (χ3n) is 21.4. The number of fused-ring (bicyclic) bond motifs is 6. The van der Waals surface area contributed by atoms with Crippen LogP contribution in [0.2, 0.25) is 0 Å². The van der Waals surface area contributed by atoms with Gasteiger partial charge in [-0.3, -0.25) is 33.6 Å². The van der Waals surface area contributed by atoms with Gasteiger partial charge in [-0.2, -0.15) is 52.7 Å². The number of hydrogen-bond donors (Lipinski definition) is 0. The highest BCUT2D eigenvalue weighted by atomic mass is 32.2. The smallest absolute Gasteiger partial charge is 0.438 e. The summed E-state index contributed by atoms with van der Waals surface area (Å²) < 4.78 is 249. The molecule has 83 heavy (non-hydrogen) atoms. The van der Waals surface area contributed by atoms with Gasteiger partial charge < -0.3 is 28.1 Å². The zero-order chi connectivity index (χ0) is 61.8. The Labute approximate surface area is 467 Å². The summed E-state index contributed by atoms with van der Waals surface area (Å²) in [4.78, 5) is 91.0. The molecular weight excluding hydrogens is 1190 g/mol. The van der Waals surface area contributed by atoms with Gasteiger partial charge in [-0.05, 0) is 123 Å². The maximum absolute atomic E-state index is 13.8. The fourth-order valence-corrected chi connectivity index (χ4v) is 19.7. The highest BCUT2D eigenvalue weighted by molar-refractivity contribution is 7.86. The molecule has 1 heterocycles. The zero-order valence-electron chi connectivity index (χ0n) is 44.7. The van der Waals surface area contributed by atoms with Gasteiger partial charge in [0, 0.05) is 55.3 Å². The van der Waals surface area contributed by atoms with Gasteiger partial charge in [0.2, 0.25) is 0 Å². The number of esters is 4. The van der Waals surface area contributed by atoms with Crippen molar-refractivity contribution in [2.45, 2.75) is 172 Å². The van der Waals surface area contributed by atoms with Crippen molar-refractivity contribution < 1.29 is 131 Å². The molecule has 0 N–H and O–H groups in total. The average Bonchev–Trinajstić information content (AvgIpc) is 1.85. The molecule has 10 saturated carbocycles. The molecule has 0 radical (unpaired) electrons. The molecule has 1 aliphatic heterocycles. The van der Waals surface area contributed by atoms with Crippen LogP contribution in [0.1, 0.15) is 124 Å². The Morgan fingerprint density at radius 1 is 0.687 bits per heavy atom. The van der Waals surface area contributed by atoms with Crippen LogP contribution in [-0.2, 0) is 72.7 Å². The molecule has 0 aromatic rings. The van der Waals surface area contributed by atoms with Crippen molar-refractivity contribution in [1.82, 2.24) is 0 Å². The van der Waals surface area contributed by atoms with Crippen LogP contribution < -0.4 is 0 Å². The Kier molecular flexibility index (Phi) is 15.6. The lowest BCUT2D eigenvalue weighted by atomic mass is 9.44. The summed E-state index contributed by atoms with van der Waals surface area (Å²) in [6.45, 7) is 5.40. The summed E-state index contributed by atoms with van der Waals surface area (Å²) in [5.41, 5.74) is -13.3. The summed E-state index contributed by atoms with van der Waals surface area (Å²) in [6, 6.07) is 0. The Bertz CT molecular complexity index is 2860. The van der Waals surface area contributed by atoms with E-state index in [1.165, 1.54) is 0 Å². The molecule has 11 rings (SSSR count). The van der Waals surface area contributed by atoms with Crippen molar-refractivity contribution >= 4 is 61.5 Å². The van der Waals surface area contributed by atoms with Crippen LogP contribution in [0, 0.1) is 93.2 Å². The highest BCUT2D eigenvalue weighted by Gasteiger charge is 2.78. The number of carbonyl (C=O) groups is 7. The summed E-state index contributed by atoms with van der Waals surface area (Å²) >= 11 is 0. The van der Waals surface area contributed by atoms with Crippen molar-refractivity contribution in [2.75, 3.05) is 11.5 Å². The minimum absolute atomic E-state index is 0.00625. The molecular formula is C52H60F12O17S2-2. The molecule has 0 amide bonds. The van der Waals surface area contributed by atoms with E-state index in [4.69, 9.17) is 9.47 Å². The third kappa shape index (κ3) is 10.7. The Morgan fingerprint density at radius 3 is 1.71 bits per heavy atom. The second kappa shape index (κ2) is 20.5. The van der Waals surface area contributed by atoms with Gasteiger partial charge in [0.25, 0.3) is 0 Å². The molecule has 11 aliphatic rings. The second-order valence-electron chi connectivity index (χ2n) is 26.0. The minimum atomic E-state index is -6.54. The number of ether oxygens (including phenoxy) is 4. The van der Waals surface area contributed by atoms with Crippen LogP contribution in [0.25, 0.3) is 0 Å². The van der Waals surface area contributed by atoms with Crippen LogP contribution in [0.4, 0.5) is 52.7 Å². The lowest BCUT2D eigenvalue weighted by Crippen LogP contribution is -2.64. The number of hydrogen-bond acceptors (Lipinski definition) is 17. The zero-order valence-corrected chi connectivity index (χ0v) is 46.3. The molecule has 14 atom stereocenters. The predicted molar refractivity (Wildman–Crippen MR) is 249 cm³/mol. The molecule has 31 heteroatoms. The number of halogens is 12. The Hall–Kier alpha value is -4.13. The van der Waals surface area contributed by atoms with Crippen LogP contribution in [0.5, 0.6) is 0 Å². The first-order valence-corrected chi connectivity index (χ1v) is 30.6. The van der Waals surface area contributed by atoms with Crippen molar-refractivity contribution in [3.05, 3.63) is 0 Å². The normalized spacial score (nSPS) is 38.8. The molecule has 6 bridgehead atoms. The van der Waals surface area contributed by atoms with Gasteiger partial charge in [0.15, 0.2) is 0 Å². The molecule has 10 aliphatic carbocycles. The Morgan fingerprint density at radius 2 is 1.20 bits per heavy atom. The van der Waals surface area contributed by atoms with Crippen LogP contribution in [0.15, 0.2) is 0 Å². The van der Waals surface area contributed by atoms with E-state index in [1.54, 1.807) is 13.8 Å². The third-order valence-corrected chi connectivity index (χ3v) is 22.9. The molecule has 17 nitrogen and oxygen atoms in total. The first-order valence-electron chi connectivity index (χ1n) is 27.4. The Balaban J connectivity index is 0.000000200. The second-order valence-corrected chi connectivity index (χ2v) is 28.8. The van der Waals surface area contributed by atoms with Crippen molar-refractivity contribution in [3.8, 4) is 0 Å². The van der Waals surface area contributed by atoms with Gasteiger partial charge >= 0.3 is 59.8 Å².